The fourth-order valence-electron chi connectivity index (χ4n) is 4.50. The Morgan fingerprint density at radius 3 is 2.81 bits per heavy atom. The molecule has 1 amide bonds. The van der Waals surface area contributed by atoms with Crippen LogP contribution in [-0.4, -0.2) is 61.7 Å². The van der Waals surface area contributed by atoms with Crippen LogP contribution < -0.4 is 10.9 Å². The van der Waals surface area contributed by atoms with E-state index in [2.05, 4.69) is 20.2 Å². The average Bonchev–Trinajstić information content (AvgIpc) is 3.16. The number of pyridine rings is 3. The van der Waals surface area contributed by atoms with E-state index in [9.17, 15) is 14.7 Å². The third-order valence-electron chi connectivity index (χ3n) is 6.39. The molecule has 9 nitrogen and oxygen atoms in total. The molecule has 5 rings (SSSR count). The van der Waals surface area contributed by atoms with E-state index in [1.165, 1.54) is 4.90 Å². The quantitative estimate of drug-likeness (QED) is 0.411. The first-order valence-corrected chi connectivity index (χ1v) is 12.7. The third kappa shape index (κ3) is 5.24. The van der Waals surface area contributed by atoms with E-state index in [1.807, 2.05) is 42.6 Å². The summed E-state index contributed by atoms with van der Waals surface area (Å²) in [5.74, 6) is 0.740. The van der Waals surface area contributed by atoms with Crippen molar-refractivity contribution >= 4 is 33.3 Å². The molecule has 0 saturated carbocycles. The highest BCUT2D eigenvalue weighted by Crippen LogP contribution is 2.34. The second kappa shape index (κ2) is 10.5. The van der Waals surface area contributed by atoms with Crippen LogP contribution in [-0.2, 0) is 20.1 Å². The summed E-state index contributed by atoms with van der Waals surface area (Å²) in [6.45, 7) is 3.83. The van der Waals surface area contributed by atoms with E-state index in [-0.39, 0.29) is 5.56 Å². The summed E-state index contributed by atoms with van der Waals surface area (Å²) in [7, 11) is 1.78. The van der Waals surface area contributed by atoms with Crippen molar-refractivity contribution < 1.29 is 9.90 Å². The monoisotopic (exact) mass is 504 g/mol. The van der Waals surface area contributed by atoms with Gasteiger partial charge in [0.05, 0.1) is 17.6 Å². The zero-order valence-corrected chi connectivity index (χ0v) is 20.9. The largest absolute Gasteiger partial charge is 0.465 e. The average molecular weight is 505 g/mol. The highest BCUT2D eigenvalue weighted by molar-refractivity contribution is 7.19. The van der Waals surface area contributed by atoms with Crippen LogP contribution in [0.4, 0.5) is 10.6 Å². The molecule has 5 heterocycles. The summed E-state index contributed by atoms with van der Waals surface area (Å²) in [5, 5.41) is 13.3. The number of carboxylic acid groups (broad SMARTS) is 1. The molecule has 1 fully saturated rings. The van der Waals surface area contributed by atoms with Crippen LogP contribution in [0.5, 0.6) is 0 Å². The molecular formula is C26H28N6O3S. The van der Waals surface area contributed by atoms with Gasteiger partial charge >= 0.3 is 6.09 Å². The minimum Gasteiger partial charge on any atom is -0.465 e. The van der Waals surface area contributed by atoms with Crippen molar-refractivity contribution in [1.29, 1.82) is 0 Å². The molecular weight excluding hydrogens is 476 g/mol. The molecule has 1 saturated heterocycles. The number of carbonyl (C=O) groups is 1. The van der Waals surface area contributed by atoms with Crippen LogP contribution >= 0.6 is 11.3 Å². The second-order valence-electron chi connectivity index (χ2n) is 8.92. The molecule has 4 aromatic heterocycles. The number of amides is 1. The number of hydrogen-bond donors (Lipinski definition) is 2. The fraction of sp³-hybridized carbons (Fsp3) is 0.308. The number of nitrogens with one attached hydrogen (secondary N) is 1. The lowest BCUT2D eigenvalue weighted by molar-refractivity contribution is 0.146. The van der Waals surface area contributed by atoms with Gasteiger partial charge in [-0.05, 0) is 42.3 Å². The molecule has 1 aliphatic rings. The van der Waals surface area contributed by atoms with Crippen molar-refractivity contribution in [2.45, 2.75) is 19.5 Å². The van der Waals surface area contributed by atoms with Crippen LogP contribution in [0.3, 0.4) is 0 Å². The number of fused-ring (bicyclic) bond motifs is 1. The van der Waals surface area contributed by atoms with Crippen molar-refractivity contribution in [3.8, 4) is 11.1 Å². The SMILES string of the molecule is Cn1cc(-c2ccnc(NCc3ccccn3)c2)c2sc(CN3CCCN(C(=O)O)CC3)cc2c1=O. The highest BCUT2D eigenvalue weighted by atomic mass is 32.1. The number of hydrogen-bond acceptors (Lipinski definition) is 7. The van der Waals surface area contributed by atoms with E-state index in [0.717, 1.165) is 45.2 Å². The summed E-state index contributed by atoms with van der Waals surface area (Å²) < 4.78 is 2.59. The minimum atomic E-state index is -0.863. The topological polar surface area (TPSA) is 104 Å². The van der Waals surface area contributed by atoms with Gasteiger partial charge < -0.3 is 19.9 Å². The Kier molecular flexibility index (Phi) is 6.97. The van der Waals surface area contributed by atoms with Crippen molar-refractivity contribution in [3.05, 3.63) is 75.9 Å². The first-order chi connectivity index (χ1) is 17.5. The summed E-state index contributed by atoms with van der Waals surface area (Å²) in [4.78, 5) is 37.9. The predicted molar refractivity (Wildman–Crippen MR) is 141 cm³/mol. The molecule has 0 aromatic carbocycles. The van der Waals surface area contributed by atoms with E-state index >= 15 is 0 Å². The first kappa shape index (κ1) is 24.0. The third-order valence-corrected chi connectivity index (χ3v) is 7.54. The maximum atomic E-state index is 13.0. The molecule has 0 bridgehead atoms. The Balaban J connectivity index is 1.41. The van der Waals surface area contributed by atoms with E-state index in [1.54, 1.807) is 35.3 Å². The Hall–Kier alpha value is -3.76. The van der Waals surface area contributed by atoms with E-state index in [0.29, 0.717) is 38.1 Å². The van der Waals surface area contributed by atoms with Gasteiger partial charge in [0.15, 0.2) is 0 Å². The zero-order valence-electron chi connectivity index (χ0n) is 20.1. The molecule has 2 N–H and O–H groups in total. The number of rotatable bonds is 6. The van der Waals surface area contributed by atoms with Gasteiger partial charge in [-0.2, -0.15) is 0 Å². The normalized spacial score (nSPS) is 14.6. The van der Waals surface area contributed by atoms with Crippen LogP contribution in [0.15, 0.2) is 59.8 Å². The Morgan fingerprint density at radius 1 is 1.11 bits per heavy atom. The molecule has 0 spiro atoms. The smallest absolute Gasteiger partial charge is 0.407 e. The number of aryl methyl sites for hydroxylation is 1. The molecule has 4 aromatic rings. The Morgan fingerprint density at radius 2 is 2.00 bits per heavy atom. The lowest BCUT2D eigenvalue weighted by Gasteiger charge is -2.19. The number of thiophene rings is 1. The van der Waals surface area contributed by atoms with Crippen LogP contribution in [0, 0.1) is 0 Å². The van der Waals surface area contributed by atoms with Crippen LogP contribution in [0.25, 0.3) is 21.2 Å². The maximum Gasteiger partial charge on any atom is 0.407 e. The summed E-state index contributed by atoms with van der Waals surface area (Å²) >= 11 is 1.63. The molecule has 0 radical (unpaired) electrons. The van der Waals surface area contributed by atoms with Crippen LogP contribution in [0.1, 0.15) is 17.0 Å². The van der Waals surface area contributed by atoms with Crippen molar-refractivity contribution in [3.63, 3.8) is 0 Å². The minimum absolute atomic E-state index is 0.0216. The van der Waals surface area contributed by atoms with Crippen LogP contribution in [0.2, 0.25) is 0 Å². The summed E-state index contributed by atoms with van der Waals surface area (Å²) in [5.41, 5.74) is 2.87. The predicted octanol–water partition coefficient (Wildman–Crippen LogP) is 3.85. The Bertz CT molecular complexity index is 1430. The van der Waals surface area contributed by atoms with Crippen molar-refractivity contribution in [2.75, 3.05) is 31.5 Å². The summed E-state index contributed by atoms with van der Waals surface area (Å²) in [6.07, 6.45) is 5.37. The van der Waals surface area contributed by atoms with E-state index in [4.69, 9.17) is 0 Å². The zero-order chi connectivity index (χ0) is 25.1. The molecule has 186 valence electrons. The number of aromatic nitrogens is 3. The fourth-order valence-corrected chi connectivity index (χ4v) is 5.73. The van der Waals surface area contributed by atoms with Gasteiger partial charge in [-0.15, -0.1) is 11.3 Å². The molecule has 36 heavy (non-hydrogen) atoms. The molecule has 0 aliphatic carbocycles. The van der Waals surface area contributed by atoms with Gasteiger partial charge in [-0.3, -0.25) is 14.7 Å². The lowest BCUT2D eigenvalue weighted by atomic mass is 10.1. The van der Waals surface area contributed by atoms with Crippen molar-refractivity contribution in [1.82, 2.24) is 24.3 Å². The van der Waals surface area contributed by atoms with Crippen molar-refractivity contribution in [2.24, 2.45) is 7.05 Å². The van der Waals surface area contributed by atoms with Gasteiger partial charge in [-0.1, -0.05) is 6.07 Å². The molecule has 1 aliphatic heterocycles. The standard InChI is InChI=1S/C26H28N6O3S/c1-30-17-22(18-6-8-28-23(13-18)29-15-19-5-2-3-7-27-19)24-21(25(30)33)14-20(36-24)16-31-9-4-10-32(12-11-31)26(34)35/h2-3,5-8,13-14,17H,4,9-12,15-16H2,1H3,(H,28,29)(H,34,35). The number of anilines is 1. The van der Waals surface area contributed by atoms with Gasteiger partial charge in [-0.25, -0.2) is 9.78 Å². The van der Waals surface area contributed by atoms with Gasteiger partial charge in [0.25, 0.3) is 5.56 Å². The van der Waals surface area contributed by atoms with Gasteiger partial charge in [0.1, 0.15) is 5.82 Å². The highest BCUT2D eigenvalue weighted by Gasteiger charge is 2.20. The Labute approximate surface area is 212 Å². The molecule has 0 unspecified atom stereocenters. The lowest BCUT2D eigenvalue weighted by Crippen LogP contribution is -2.33. The molecule has 10 heteroatoms. The second-order valence-corrected chi connectivity index (χ2v) is 10.1. The summed E-state index contributed by atoms with van der Waals surface area (Å²) in [6, 6.07) is 11.8. The first-order valence-electron chi connectivity index (χ1n) is 11.9. The number of nitrogens with zero attached hydrogens (tertiary/aromatic N) is 5. The van der Waals surface area contributed by atoms with E-state index < -0.39 is 6.09 Å². The molecule has 0 atom stereocenters. The van der Waals surface area contributed by atoms with Gasteiger partial charge in [0.2, 0.25) is 0 Å². The maximum absolute atomic E-state index is 13.0. The van der Waals surface area contributed by atoms with Gasteiger partial charge in [0, 0.05) is 73.5 Å².